The highest BCUT2D eigenvalue weighted by Gasteiger charge is 2.28. The van der Waals surface area contributed by atoms with Gasteiger partial charge in [-0.15, -0.1) is 0 Å². The van der Waals surface area contributed by atoms with Crippen molar-refractivity contribution in [1.82, 2.24) is 4.98 Å². The van der Waals surface area contributed by atoms with Gasteiger partial charge in [0.2, 0.25) is 12.2 Å². The van der Waals surface area contributed by atoms with E-state index in [2.05, 4.69) is 26.2 Å². The van der Waals surface area contributed by atoms with Crippen molar-refractivity contribution < 1.29 is 14.6 Å². The lowest BCUT2D eigenvalue weighted by atomic mass is 9.89. The van der Waals surface area contributed by atoms with Crippen molar-refractivity contribution in [2.24, 2.45) is 5.41 Å². The first kappa shape index (κ1) is 14.3. The minimum absolute atomic E-state index is 0.0752. The number of fused-ring (bicyclic) bond motifs is 1. The fourth-order valence-electron chi connectivity index (χ4n) is 1.67. The summed E-state index contributed by atoms with van der Waals surface area (Å²) in [4.78, 5) is 16.4. The van der Waals surface area contributed by atoms with Crippen LogP contribution in [0.15, 0.2) is 10.5 Å². The summed E-state index contributed by atoms with van der Waals surface area (Å²) in [6.45, 7) is 5.74. The summed E-state index contributed by atoms with van der Waals surface area (Å²) in [7, 11) is 0. The second-order valence-corrected chi connectivity index (χ2v) is 6.09. The van der Waals surface area contributed by atoms with Gasteiger partial charge in [-0.05, 0) is 28.4 Å². The Labute approximate surface area is 120 Å². The topological polar surface area (TPSA) is 71.5 Å². The smallest absolute Gasteiger partial charge is 0.231 e. The van der Waals surface area contributed by atoms with E-state index in [1.54, 1.807) is 6.07 Å². The Morgan fingerprint density at radius 2 is 2.37 bits per heavy atom. The highest BCUT2D eigenvalue weighted by molar-refractivity contribution is 9.10. The average Bonchev–Trinajstić information content (AvgIpc) is 2.70. The van der Waals surface area contributed by atoms with E-state index in [9.17, 15) is 9.90 Å². The molecule has 2 N–H and O–H groups in total. The molecule has 19 heavy (non-hydrogen) atoms. The number of nitrogens with zero attached hydrogens (tertiary/aromatic N) is 1. The third kappa shape index (κ3) is 2.90. The van der Waals surface area contributed by atoms with Gasteiger partial charge < -0.3 is 15.2 Å². The number of carbonyl (C=O) groups excluding carboxylic acids is 1. The minimum Gasteiger partial charge on any atom is -0.462 e. The normalized spacial score (nSPS) is 17.8. The van der Waals surface area contributed by atoms with Crippen molar-refractivity contribution in [3.8, 4) is 5.75 Å². The van der Waals surface area contributed by atoms with Crippen LogP contribution in [0.4, 0.5) is 5.82 Å². The predicted octanol–water partition coefficient (Wildman–Crippen LogP) is 2.47. The number of hydrogen-bond donors (Lipinski definition) is 2. The second kappa shape index (κ2) is 5.09. The number of aliphatic hydroxyl groups excluding tert-OH is 1. The Kier molecular flexibility index (Phi) is 3.82. The Morgan fingerprint density at radius 1 is 1.68 bits per heavy atom. The van der Waals surface area contributed by atoms with Gasteiger partial charge in [0.05, 0.1) is 16.6 Å². The van der Waals surface area contributed by atoms with Crippen molar-refractivity contribution in [2.75, 3.05) is 5.32 Å². The molecule has 1 aliphatic heterocycles. The van der Waals surface area contributed by atoms with Crippen LogP contribution in [-0.2, 0) is 11.2 Å². The number of aromatic nitrogens is 1. The van der Waals surface area contributed by atoms with Crippen molar-refractivity contribution in [1.29, 1.82) is 0 Å². The average molecular weight is 329 g/mol. The number of pyridine rings is 1. The molecule has 0 saturated carbocycles. The van der Waals surface area contributed by atoms with Gasteiger partial charge in [0.25, 0.3) is 0 Å². The summed E-state index contributed by atoms with van der Waals surface area (Å²) in [5.74, 6) is 0.934. The molecule has 1 amide bonds. The number of halogens is 1. The summed E-state index contributed by atoms with van der Waals surface area (Å²) in [5, 5.41) is 12.2. The third-order valence-corrected chi connectivity index (χ3v) is 3.95. The molecule has 0 aromatic carbocycles. The third-order valence-electron chi connectivity index (χ3n) is 3.36. The van der Waals surface area contributed by atoms with Gasteiger partial charge in [-0.25, -0.2) is 4.98 Å². The lowest BCUT2D eigenvalue weighted by molar-refractivity contribution is -0.124. The molecule has 0 saturated heterocycles. The predicted molar refractivity (Wildman–Crippen MR) is 75.0 cm³/mol. The fraction of sp³-hybridized carbons (Fsp3) is 0.538. The molecule has 2 heterocycles. The summed E-state index contributed by atoms with van der Waals surface area (Å²) >= 11 is 3.36. The van der Waals surface area contributed by atoms with Crippen LogP contribution < -0.4 is 10.1 Å². The fourth-order valence-corrected chi connectivity index (χ4v) is 2.21. The van der Waals surface area contributed by atoms with Crippen LogP contribution in [0.25, 0.3) is 0 Å². The van der Waals surface area contributed by atoms with Crippen LogP contribution in [0.2, 0.25) is 0 Å². The molecule has 0 bridgehead atoms. The Bertz CT molecular complexity index is 517. The molecular weight excluding hydrogens is 312 g/mol. The maximum absolute atomic E-state index is 12.1. The van der Waals surface area contributed by atoms with Crippen LogP contribution in [0.3, 0.4) is 0 Å². The zero-order valence-electron chi connectivity index (χ0n) is 11.2. The van der Waals surface area contributed by atoms with Crippen molar-refractivity contribution in [2.45, 2.75) is 39.9 Å². The molecule has 0 spiro atoms. The molecule has 6 heteroatoms. The summed E-state index contributed by atoms with van der Waals surface area (Å²) in [5.41, 5.74) is 0.204. The van der Waals surface area contributed by atoms with Gasteiger partial charge in [0, 0.05) is 5.41 Å². The molecule has 104 valence electrons. The first-order valence-corrected chi connectivity index (χ1v) is 6.98. The monoisotopic (exact) mass is 328 g/mol. The van der Waals surface area contributed by atoms with Crippen molar-refractivity contribution in [3.63, 3.8) is 0 Å². The van der Waals surface area contributed by atoms with E-state index in [-0.39, 0.29) is 5.91 Å². The minimum atomic E-state index is -0.864. The zero-order valence-corrected chi connectivity index (χ0v) is 12.7. The van der Waals surface area contributed by atoms with E-state index in [4.69, 9.17) is 4.74 Å². The number of anilines is 1. The molecule has 1 aromatic rings. The second-order valence-electron chi connectivity index (χ2n) is 5.23. The molecule has 0 fully saturated rings. The highest BCUT2D eigenvalue weighted by Crippen LogP contribution is 2.36. The van der Waals surface area contributed by atoms with Gasteiger partial charge in [-0.3, -0.25) is 4.79 Å². The van der Waals surface area contributed by atoms with Crippen LogP contribution >= 0.6 is 15.9 Å². The molecule has 1 aromatic heterocycles. The van der Waals surface area contributed by atoms with Crippen LogP contribution in [0.5, 0.6) is 5.75 Å². The number of ether oxygens (including phenoxy) is 1. The first-order valence-electron chi connectivity index (χ1n) is 6.19. The highest BCUT2D eigenvalue weighted by atomic mass is 79.9. The van der Waals surface area contributed by atoms with Gasteiger partial charge >= 0.3 is 0 Å². The van der Waals surface area contributed by atoms with E-state index < -0.39 is 11.7 Å². The molecule has 5 nitrogen and oxygen atoms in total. The van der Waals surface area contributed by atoms with E-state index in [0.29, 0.717) is 28.2 Å². The van der Waals surface area contributed by atoms with Crippen LogP contribution in [0, 0.1) is 5.41 Å². The molecular formula is C13H17BrN2O3. The van der Waals surface area contributed by atoms with Gasteiger partial charge in [0.1, 0.15) is 5.82 Å². The van der Waals surface area contributed by atoms with E-state index in [0.717, 1.165) is 6.42 Å². The number of nitrogens with one attached hydrogen (secondary N) is 1. The maximum atomic E-state index is 12.1. The summed E-state index contributed by atoms with van der Waals surface area (Å²) < 4.78 is 5.90. The molecule has 2 rings (SSSR count). The molecule has 1 aliphatic rings. The molecule has 1 atom stereocenters. The Balaban J connectivity index is 2.22. The number of carbonyl (C=O) groups is 1. The van der Waals surface area contributed by atoms with E-state index >= 15 is 0 Å². The van der Waals surface area contributed by atoms with E-state index in [1.807, 2.05) is 20.8 Å². The molecule has 1 unspecified atom stereocenters. The lowest BCUT2D eigenvalue weighted by Crippen LogP contribution is -2.30. The van der Waals surface area contributed by atoms with Crippen molar-refractivity contribution >= 4 is 27.7 Å². The zero-order chi connectivity index (χ0) is 14.2. The number of rotatable bonds is 3. The number of amides is 1. The van der Waals surface area contributed by atoms with Gasteiger partial charge in [-0.1, -0.05) is 20.8 Å². The maximum Gasteiger partial charge on any atom is 0.231 e. The van der Waals surface area contributed by atoms with Gasteiger partial charge in [0.15, 0.2) is 5.75 Å². The van der Waals surface area contributed by atoms with Crippen LogP contribution in [0.1, 0.15) is 32.9 Å². The molecule has 0 aliphatic carbocycles. The van der Waals surface area contributed by atoms with Gasteiger partial charge in [-0.2, -0.15) is 0 Å². The largest absolute Gasteiger partial charge is 0.462 e. The van der Waals surface area contributed by atoms with E-state index in [1.165, 1.54) is 0 Å². The Morgan fingerprint density at radius 3 is 3.00 bits per heavy atom. The molecule has 0 radical (unpaired) electrons. The number of aliphatic hydroxyl groups is 1. The van der Waals surface area contributed by atoms with Crippen molar-refractivity contribution in [3.05, 3.63) is 16.2 Å². The summed E-state index contributed by atoms with van der Waals surface area (Å²) in [6.07, 6.45) is 0.207. The SMILES string of the molecule is CCC(C)(C)C(=O)Nc1cc(Br)c2c(n1)CC(O)O2. The standard InChI is InChI=1S/C13H17BrN2O3/c1-4-13(2,3)12(18)16-9-5-7(14)11-8(15-9)6-10(17)19-11/h5,10,17H,4,6H2,1-3H3,(H,15,16,18). The Hall–Kier alpha value is -1.14. The van der Waals surface area contributed by atoms with Crippen LogP contribution in [-0.4, -0.2) is 22.3 Å². The summed E-state index contributed by atoms with van der Waals surface area (Å²) in [6, 6.07) is 1.68. The lowest BCUT2D eigenvalue weighted by Gasteiger charge is -2.21. The quantitative estimate of drug-likeness (QED) is 0.894. The number of hydrogen-bond acceptors (Lipinski definition) is 4. The first-order chi connectivity index (χ1) is 8.83.